The first-order valence-corrected chi connectivity index (χ1v) is 9.74. The number of hydrogen-bond acceptors (Lipinski definition) is 5. The molecule has 0 aliphatic rings. The van der Waals surface area contributed by atoms with Gasteiger partial charge in [-0.25, -0.2) is 0 Å². The molecular weight excluding hydrogens is 427 g/mol. The van der Waals surface area contributed by atoms with Crippen molar-refractivity contribution in [3.63, 3.8) is 0 Å². The highest BCUT2D eigenvalue weighted by molar-refractivity contribution is 6.35. The van der Waals surface area contributed by atoms with E-state index in [1.54, 1.807) is 54.6 Å². The number of para-hydroxylation sites is 2. The van der Waals surface area contributed by atoms with Crippen LogP contribution in [0.4, 0.5) is 0 Å². The van der Waals surface area contributed by atoms with Gasteiger partial charge < -0.3 is 18.6 Å². The van der Waals surface area contributed by atoms with Crippen LogP contribution in [0.5, 0.6) is 23.0 Å². The molecule has 7 heteroatoms. The molecule has 0 unspecified atom stereocenters. The molecule has 0 spiro atoms. The van der Waals surface area contributed by atoms with Crippen molar-refractivity contribution in [2.45, 2.75) is 6.61 Å². The summed E-state index contributed by atoms with van der Waals surface area (Å²) >= 11 is 12.1. The van der Waals surface area contributed by atoms with Crippen LogP contribution in [0.2, 0.25) is 10.0 Å². The summed E-state index contributed by atoms with van der Waals surface area (Å²) in [5.74, 6) is 1.54. The Hall–Kier alpha value is -3.15. The fraction of sp³-hybridized carbons (Fsp3) is 0.0870. The summed E-state index contributed by atoms with van der Waals surface area (Å²) < 4.78 is 22.3. The Morgan fingerprint density at radius 2 is 1.73 bits per heavy atom. The molecular formula is C23H16Cl2O5. The minimum atomic E-state index is -0.297. The summed E-state index contributed by atoms with van der Waals surface area (Å²) in [5, 5.41) is 1.45. The number of hydrogen-bond donors (Lipinski definition) is 0. The van der Waals surface area contributed by atoms with E-state index in [2.05, 4.69) is 0 Å². The molecule has 0 aliphatic carbocycles. The van der Waals surface area contributed by atoms with E-state index >= 15 is 0 Å². The Bertz CT molecular complexity index is 1270. The fourth-order valence-electron chi connectivity index (χ4n) is 2.87. The van der Waals surface area contributed by atoms with Gasteiger partial charge in [-0.05, 0) is 36.4 Å². The summed E-state index contributed by atoms with van der Waals surface area (Å²) in [6.45, 7) is 0.251. The van der Waals surface area contributed by atoms with Gasteiger partial charge in [-0.15, -0.1) is 0 Å². The highest BCUT2D eigenvalue weighted by Crippen LogP contribution is 2.31. The first-order valence-electron chi connectivity index (χ1n) is 8.98. The average Bonchev–Trinajstić information content (AvgIpc) is 2.75. The smallest absolute Gasteiger partial charge is 0.235 e. The van der Waals surface area contributed by atoms with Crippen molar-refractivity contribution in [2.75, 3.05) is 7.11 Å². The quantitative estimate of drug-likeness (QED) is 0.341. The van der Waals surface area contributed by atoms with Crippen LogP contribution in [0.25, 0.3) is 11.0 Å². The van der Waals surface area contributed by atoms with Crippen molar-refractivity contribution < 1.29 is 18.6 Å². The van der Waals surface area contributed by atoms with Crippen LogP contribution in [0.3, 0.4) is 0 Å². The zero-order chi connectivity index (χ0) is 21.1. The van der Waals surface area contributed by atoms with E-state index in [0.29, 0.717) is 38.3 Å². The van der Waals surface area contributed by atoms with Gasteiger partial charge in [0.05, 0.1) is 12.5 Å². The number of methoxy groups -OCH3 is 1. The Morgan fingerprint density at radius 1 is 0.933 bits per heavy atom. The van der Waals surface area contributed by atoms with Crippen LogP contribution < -0.4 is 19.6 Å². The second-order valence-corrected chi connectivity index (χ2v) is 7.21. The number of fused-ring (bicyclic) bond motifs is 1. The maximum Gasteiger partial charge on any atom is 0.235 e. The van der Waals surface area contributed by atoms with E-state index < -0.39 is 0 Å². The first-order chi connectivity index (χ1) is 14.5. The third-order valence-corrected chi connectivity index (χ3v) is 5.00. The predicted molar refractivity (Wildman–Crippen MR) is 116 cm³/mol. The number of ether oxygens (including phenoxy) is 3. The van der Waals surface area contributed by atoms with Gasteiger partial charge in [0.2, 0.25) is 11.2 Å². The first kappa shape index (κ1) is 20.1. The molecule has 1 heterocycles. The molecule has 0 bridgehead atoms. The van der Waals surface area contributed by atoms with E-state index in [4.69, 9.17) is 41.8 Å². The average molecular weight is 443 g/mol. The monoisotopic (exact) mass is 442 g/mol. The van der Waals surface area contributed by atoms with E-state index in [1.807, 2.05) is 6.07 Å². The van der Waals surface area contributed by atoms with Crippen molar-refractivity contribution in [3.05, 3.63) is 92.8 Å². The molecule has 30 heavy (non-hydrogen) atoms. The maximum absolute atomic E-state index is 12.8. The van der Waals surface area contributed by atoms with Gasteiger partial charge in [-0.1, -0.05) is 41.4 Å². The van der Waals surface area contributed by atoms with Crippen molar-refractivity contribution in [3.8, 4) is 23.0 Å². The highest BCUT2D eigenvalue weighted by Gasteiger charge is 2.13. The molecule has 1 aromatic heterocycles. The molecule has 0 atom stereocenters. The third kappa shape index (κ3) is 4.22. The molecule has 3 aromatic carbocycles. The largest absolute Gasteiger partial charge is 0.493 e. The van der Waals surface area contributed by atoms with Crippen LogP contribution in [-0.4, -0.2) is 7.11 Å². The van der Waals surface area contributed by atoms with Crippen molar-refractivity contribution in [1.29, 1.82) is 0 Å². The van der Waals surface area contributed by atoms with Crippen molar-refractivity contribution >= 4 is 34.2 Å². The van der Waals surface area contributed by atoms with Gasteiger partial charge in [0, 0.05) is 21.7 Å². The van der Waals surface area contributed by atoms with E-state index in [9.17, 15) is 4.79 Å². The lowest BCUT2D eigenvalue weighted by Gasteiger charge is -2.10. The van der Waals surface area contributed by atoms with E-state index in [0.717, 1.165) is 5.56 Å². The summed E-state index contributed by atoms with van der Waals surface area (Å²) in [7, 11) is 1.53. The zero-order valence-corrected chi connectivity index (χ0v) is 17.4. The van der Waals surface area contributed by atoms with Crippen molar-refractivity contribution in [2.24, 2.45) is 0 Å². The molecule has 5 nitrogen and oxygen atoms in total. The van der Waals surface area contributed by atoms with Gasteiger partial charge in [-0.2, -0.15) is 0 Å². The molecule has 152 valence electrons. The Morgan fingerprint density at radius 3 is 2.50 bits per heavy atom. The summed E-state index contributed by atoms with van der Waals surface area (Å²) in [4.78, 5) is 12.8. The lowest BCUT2D eigenvalue weighted by Crippen LogP contribution is -2.05. The zero-order valence-electron chi connectivity index (χ0n) is 15.9. The van der Waals surface area contributed by atoms with Gasteiger partial charge in [-0.3, -0.25) is 4.79 Å². The lowest BCUT2D eigenvalue weighted by molar-refractivity contribution is 0.306. The Balaban J connectivity index is 1.57. The molecule has 0 saturated carbocycles. The highest BCUT2D eigenvalue weighted by atomic mass is 35.5. The molecule has 0 fully saturated rings. The Labute approximate surface area is 182 Å². The SMILES string of the molecule is COc1ccccc1Oc1coc2cc(OCc3ccc(Cl)cc3Cl)ccc2c1=O. The summed E-state index contributed by atoms with van der Waals surface area (Å²) in [5.41, 5.74) is 0.879. The summed E-state index contributed by atoms with van der Waals surface area (Å²) in [6.07, 6.45) is 1.27. The second-order valence-electron chi connectivity index (χ2n) is 6.36. The molecule has 0 N–H and O–H groups in total. The van der Waals surface area contributed by atoms with Crippen LogP contribution in [0, 0.1) is 0 Å². The van der Waals surface area contributed by atoms with E-state index in [-0.39, 0.29) is 17.8 Å². The van der Waals surface area contributed by atoms with Gasteiger partial charge in [0.15, 0.2) is 11.5 Å². The van der Waals surface area contributed by atoms with Gasteiger partial charge in [0.25, 0.3) is 0 Å². The van der Waals surface area contributed by atoms with Crippen LogP contribution in [0.1, 0.15) is 5.56 Å². The van der Waals surface area contributed by atoms with Gasteiger partial charge >= 0.3 is 0 Å². The molecule has 4 rings (SSSR count). The third-order valence-electron chi connectivity index (χ3n) is 4.41. The molecule has 4 aromatic rings. The maximum atomic E-state index is 12.8. The predicted octanol–water partition coefficient (Wildman–Crippen LogP) is 6.48. The topological polar surface area (TPSA) is 57.9 Å². The second kappa shape index (κ2) is 8.69. The minimum Gasteiger partial charge on any atom is -0.493 e. The standard InChI is InChI=1S/C23H16Cl2O5/c1-27-19-4-2-3-5-20(19)30-22-13-29-21-11-16(8-9-17(21)23(22)26)28-12-14-6-7-15(24)10-18(14)25/h2-11,13H,12H2,1H3. The molecule has 0 saturated heterocycles. The minimum absolute atomic E-state index is 0.0635. The van der Waals surface area contributed by atoms with Crippen LogP contribution in [0.15, 0.2) is 76.1 Å². The van der Waals surface area contributed by atoms with Gasteiger partial charge in [0.1, 0.15) is 24.2 Å². The fourth-order valence-corrected chi connectivity index (χ4v) is 3.34. The Kier molecular flexibility index (Phi) is 5.84. The van der Waals surface area contributed by atoms with Crippen molar-refractivity contribution in [1.82, 2.24) is 0 Å². The lowest BCUT2D eigenvalue weighted by atomic mass is 10.2. The number of rotatable bonds is 6. The van der Waals surface area contributed by atoms with E-state index in [1.165, 1.54) is 13.4 Å². The number of benzene rings is 3. The van der Waals surface area contributed by atoms with Crippen LogP contribution in [-0.2, 0) is 6.61 Å². The molecule has 0 amide bonds. The number of halogens is 2. The normalized spacial score (nSPS) is 10.8. The van der Waals surface area contributed by atoms with Crippen LogP contribution >= 0.6 is 23.2 Å². The summed E-state index contributed by atoms with van der Waals surface area (Å²) in [6, 6.07) is 17.2. The molecule has 0 radical (unpaired) electrons. The molecule has 0 aliphatic heterocycles.